The molecule has 6 heteroatoms. The number of ether oxygens (including phenoxy) is 1. The van der Waals surface area contributed by atoms with E-state index in [0.717, 1.165) is 36.3 Å². The standard InChI is InChI=1S/C27H32N2O4/c1-4-26-17-25(3,30)27(31,24-11-13-29-33-24)15-21(26)8-7-19-14-22(9-10-23(19)26)32-16-20-6-5-12-28-18(20)2/h5-6,9-14,21,30-31H,4,7-8,15-17H2,1-3H3/t21-,25-,26-,27+/m1/s1. The zero-order chi connectivity index (χ0) is 23.3. The third-order valence-corrected chi connectivity index (χ3v) is 8.24. The van der Waals surface area contributed by atoms with Gasteiger partial charge in [-0.05, 0) is 81.2 Å². The number of nitrogens with zero attached hydrogens (tertiary/aromatic N) is 2. The van der Waals surface area contributed by atoms with Gasteiger partial charge in [0.25, 0.3) is 0 Å². The van der Waals surface area contributed by atoms with E-state index < -0.39 is 11.2 Å². The molecular weight excluding hydrogens is 416 g/mol. The molecule has 0 radical (unpaired) electrons. The molecule has 1 saturated carbocycles. The van der Waals surface area contributed by atoms with Crippen LogP contribution in [0.4, 0.5) is 0 Å². The van der Waals surface area contributed by atoms with Crippen molar-refractivity contribution in [1.82, 2.24) is 10.1 Å². The van der Waals surface area contributed by atoms with Crippen molar-refractivity contribution in [3.8, 4) is 5.75 Å². The fourth-order valence-corrected chi connectivity index (χ4v) is 6.28. The van der Waals surface area contributed by atoms with Gasteiger partial charge in [0.05, 0.1) is 11.8 Å². The van der Waals surface area contributed by atoms with Crippen molar-refractivity contribution in [2.75, 3.05) is 0 Å². The lowest BCUT2D eigenvalue weighted by Gasteiger charge is -2.58. The molecule has 2 aliphatic carbocycles. The Balaban J connectivity index is 1.45. The van der Waals surface area contributed by atoms with Crippen LogP contribution in [0.5, 0.6) is 5.75 Å². The highest BCUT2D eigenvalue weighted by molar-refractivity contribution is 5.45. The minimum absolute atomic E-state index is 0.207. The predicted molar refractivity (Wildman–Crippen MR) is 124 cm³/mol. The fourth-order valence-electron chi connectivity index (χ4n) is 6.28. The van der Waals surface area contributed by atoms with Gasteiger partial charge >= 0.3 is 0 Å². The second-order valence-corrected chi connectivity index (χ2v) is 9.99. The number of aromatic nitrogens is 2. The van der Waals surface area contributed by atoms with Gasteiger partial charge in [0, 0.05) is 28.9 Å². The summed E-state index contributed by atoms with van der Waals surface area (Å²) in [7, 11) is 0. The summed E-state index contributed by atoms with van der Waals surface area (Å²) in [4.78, 5) is 4.34. The maximum Gasteiger partial charge on any atom is 0.171 e. The first-order chi connectivity index (χ1) is 15.8. The molecule has 2 N–H and O–H groups in total. The van der Waals surface area contributed by atoms with Crippen molar-refractivity contribution in [3.63, 3.8) is 0 Å². The number of aliphatic hydroxyl groups is 2. The minimum Gasteiger partial charge on any atom is -0.489 e. The molecule has 1 fully saturated rings. The summed E-state index contributed by atoms with van der Waals surface area (Å²) in [5.74, 6) is 1.43. The van der Waals surface area contributed by atoms with Gasteiger partial charge in [0.2, 0.25) is 0 Å². The number of benzene rings is 1. The lowest BCUT2D eigenvalue weighted by molar-refractivity contribution is -0.214. The van der Waals surface area contributed by atoms with Crippen LogP contribution >= 0.6 is 0 Å². The molecule has 4 atom stereocenters. The summed E-state index contributed by atoms with van der Waals surface area (Å²) in [6, 6.07) is 12.0. The fraction of sp³-hybridized carbons (Fsp3) is 0.481. The van der Waals surface area contributed by atoms with E-state index in [1.165, 1.54) is 17.3 Å². The Morgan fingerprint density at radius 1 is 1.18 bits per heavy atom. The Hall–Kier alpha value is -2.70. The van der Waals surface area contributed by atoms with Crippen LogP contribution in [0, 0.1) is 12.8 Å². The zero-order valence-corrected chi connectivity index (χ0v) is 19.5. The number of aryl methyl sites for hydroxylation is 2. The highest BCUT2D eigenvalue weighted by Gasteiger charge is 2.62. The molecule has 1 aromatic carbocycles. The van der Waals surface area contributed by atoms with E-state index in [4.69, 9.17) is 9.26 Å². The molecule has 2 aliphatic rings. The second kappa shape index (κ2) is 7.96. The molecule has 3 aromatic rings. The van der Waals surface area contributed by atoms with Gasteiger partial charge in [0.15, 0.2) is 11.4 Å². The van der Waals surface area contributed by atoms with Crippen LogP contribution in [0.15, 0.2) is 53.3 Å². The molecular formula is C27H32N2O4. The number of rotatable bonds is 5. The van der Waals surface area contributed by atoms with Crippen LogP contribution in [0.1, 0.15) is 67.7 Å². The van der Waals surface area contributed by atoms with Crippen molar-refractivity contribution in [2.24, 2.45) is 5.92 Å². The van der Waals surface area contributed by atoms with E-state index in [0.29, 0.717) is 25.2 Å². The molecule has 2 heterocycles. The normalized spacial score (nSPS) is 31.0. The Morgan fingerprint density at radius 3 is 2.76 bits per heavy atom. The molecule has 0 bridgehead atoms. The first-order valence-corrected chi connectivity index (χ1v) is 11.8. The van der Waals surface area contributed by atoms with Crippen LogP contribution in [0.2, 0.25) is 0 Å². The van der Waals surface area contributed by atoms with Crippen LogP contribution in [0.3, 0.4) is 0 Å². The molecule has 6 nitrogen and oxygen atoms in total. The Kier molecular flexibility index (Phi) is 5.33. The molecule has 174 valence electrons. The molecule has 0 aliphatic heterocycles. The zero-order valence-electron chi connectivity index (χ0n) is 19.5. The molecule has 0 unspecified atom stereocenters. The van der Waals surface area contributed by atoms with Crippen molar-refractivity contribution in [1.29, 1.82) is 0 Å². The van der Waals surface area contributed by atoms with E-state index in [1.807, 2.05) is 25.1 Å². The largest absolute Gasteiger partial charge is 0.489 e. The van der Waals surface area contributed by atoms with E-state index in [1.54, 1.807) is 19.2 Å². The SMILES string of the molecule is CC[C@@]12C[C@@](C)(O)[C@@](O)(c3ccno3)C[C@H]1CCc1cc(OCc3cccnc3C)ccc12. The first-order valence-electron chi connectivity index (χ1n) is 11.8. The highest BCUT2D eigenvalue weighted by atomic mass is 16.5. The van der Waals surface area contributed by atoms with Crippen molar-refractivity contribution >= 4 is 0 Å². The van der Waals surface area contributed by atoms with Crippen molar-refractivity contribution < 1.29 is 19.5 Å². The van der Waals surface area contributed by atoms with Crippen LogP contribution in [-0.4, -0.2) is 26.0 Å². The predicted octanol–water partition coefficient (Wildman–Crippen LogP) is 4.60. The van der Waals surface area contributed by atoms with Gasteiger partial charge in [0.1, 0.15) is 12.4 Å². The van der Waals surface area contributed by atoms with Crippen LogP contribution in [0.25, 0.3) is 0 Å². The Morgan fingerprint density at radius 2 is 2.03 bits per heavy atom. The van der Waals surface area contributed by atoms with E-state index in [2.05, 4.69) is 29.2 Å². The number of hydrogen-bond donors (Lipinski definition) is 2. The molecule has 2 aromatic heterocycles. The quantitative estimate of drug-likeness (QED) is 0.593. The first kappa shape index (κ1) is 22.1. The van der Waals surface area contributed by atoms with Gasteiger partial charge in [-0.3, -0.25) is 4.98 Å². The average molecular weight is 449 g/mol. The second-order valence-electron chi connectivity index (χ2n) is 9.99. The third-order valence-electron chi connectivity index (χ3n) is 8.24. The maximum atomic E-state index is 11.6. The molecule has 0 spiro atoms. The van der Waals surface area contributed by atoms with E-state index in [9.17, 15) is 10.2 Å². The van der Waals surface area contributed by atoms with Crippen molar-refractivity contribution in [2.45, 2.75) is 76.1 Å². The minimum atomic E-state index is -1.45. The van der Waals surface area contributed by atoms with Gasteiger partial charge in [-0.2, -0.15) is 0 Å². The third kappa shape index (κ3) is 3.47. The van der Waals surface area contributed by atoms with E-state index in [-0.39, 0.29) is 11.3 Å². The number of pyridine rings is 1. The smallest absolute Gasteiger partial charge is 0.171 e. The number of fused-ring (bicyclic) bond motifs is 3. The summed E-state index contributed by atoms with van der Waals surface area (Å²) < 4.78 is 11.4. The lowest BCUT2D eigenvalue weighted by Crippen LogP contribution is -2.62. The van der Waals surface area contributed by atoms with Gasteiger partial charge in [-0.1, -0.05) is 24.2 Å². The van der Waals surface area contributed by atoms with Gasteiger partial charge < -0.3 is 19.5 Å². The van der Waals surface area contributed by atoms with Gasteiger partial charge in [-0.15, -0.1) is 0 Å². The Labute approximate surface area is 194 Å². The summed E-state index contributed by atoms with van der Waals surface area (Å²) in [6.07, 6.45) is 6.97. The van der Waals surface area contributed by atoms with Gasteiger partial charge in [-0.25, -0.2) is 0 Å². The maximum absolute atomic E-state index is 11.6. The Bertz CT molecular complexity index is 1140. The average Bonchev–Trinajstić information content (AvgIpc) is 3.35. The highest BCUT2D eigenvalue weighted by Crippen LogP contribution is 2.60. The summed E-state index contributed by atoms with van der Waals surface area (Å²) in [6.45, 7) is 6.39. The van der Waals surface area contributed by atoms with Crippen molar-refractivity contribution in [3.05, 3.63) is 76.9 Å². The van der Waals surface area contributed by atoms with Crippen LogP contribution in [-0.2, 0) is 24.0 Å². The van der Waals surface area contributed by atoms with E-state index >= 15 is 0 Å². The lowest BCUT2D eigenvalue weighted by atomic mass is 9.49. The topological polar surface area (TPSA) is 88.6 Å². The summed E-state index contributed by atoms with van der Waals surface area (Å²) in [5.41, 5.74) is 1.60. The number of hydrogen-bond acceptors (Lipinski definition) is 6. The molecule has 33 heavy (non-hydrogen) atoms. The van der Waals surface area contributed by atoms with Crippen LogP contribution < -0.4 is 4.74 Å². The molecule has 5 rings (SSSR count). The molecule has 0 saturated heterocycles. The monoisotopic (exact) mass is 448 g/mol. The summed E-state index contributed by atoms with van der Waals surface area (Å²) in [5, 5.41) is 26.9. The summed E-state index contributed by atoms with van der Waals surface area (Å²) >= 11 is 0. The molecule has 0 amide bonds.